The number of rotatable bonds is 2. The lowest BCUT2D eigenvalue weighted by Gasteiger charge is -2.31. The van der Waals surface area contributed by atoms with Crippen LogP contribution in [0.2, 0.25) is 0 Å². The second kappa shape index (κ2) is 7.00. The Hall–Kier alpha value is -1.14. The minimum atomic E-state index is -0.497. The Morgan fingerprint density at radius 2 is 2.12 bits per heavy atom. The van der Waals surface area contributed by atoms with Crippen LogP contribution in [0.5, 0.6) is 0 Å². The molecule has 3 rings (SSSR count). The van der Waals surface area contributed by atoms with Crippen molar-refractivity contribution in [2.45, 2.75) is 58.2 Å². The zero-order valence-corrected chi connectivity index (χ0v) is 16.1. The first-order valence-electron chi connectivity index (χ1n) is 8.55. The van der Waals surface area contributed by atoms with Gasteiger partial charge in [-0.3, -0.25) is 9.88 Å². The summed E-state index contributed by atoms with van der Waals surface area (Å²) in [6.07, 6.45) is 4.57. The Labute approximate surface area is 151 Å². The summed E-state index contributed by atoms with van der Waals surface area (Å²) in [6, 6.07) is 2.05. The van der Waals surface area contributed by atoms with Gasteiger partial charge in [0.2, 0.25) is 0 Å². The van der Waals surface area contributed by atoms with E-state index in [1.807, 2.05) is 31.9 Å². The predicted octanol–water partition coefficient (Wildman–Crippen LogP) is 4.45. The summed E-state index contributed by atoms with van der Waals surface area (Å²) < 4.78 is 12.0. The zero-order chi connectivity index (χ0) is 17.3. The molecule has 1 fully saturated rings. The number of halogens is 1. The number of pyridine rings is 1. The Morgan fingerprint density at radius 1 is 1.42 bits per heavy atom. The molecule has 3 heterocycles. The number of nitrogens with zero attached hydrogens (tertiary/aromatic N) is 2. The van der Waals surface area contributed by atoms with Gasteiger partial charge in [-0.1, -0.05) is 0 Å². The van der Waals surface area contributed by atoms with Gasteiger partial charge in [-0.2, -0.15) is 0 Å². The molecule has 24 heavy (non-hydrogen) atoms. The topological polar surface area (TPSA) is 51.7 Å². The van der Waals surface area contributed by atoms with Crippen LogP contribution in [0, 0.1) is 5.92 Å². The molecule has 0 aliphatic carbocycles. The van der Waals surface area contributed by atoms with Crippen LogP contribution in [0.15, 0.2) is 16.7 Å². The van der Waals surface area contributed by atoms with Gasteiger partial charge < -0.3 is 9.47 Å². The molecular weight excluding hydrogens is 372 g/mol. The lowest BCUT2D eigenvalue weighted by Crippen LogP contribution is -2.36. The molecule has 1 aromatic rings. The van der Waals surface area contributed by atoms with E-state index in [0.717, 1.165) is 48.2 Å². The van der Waals surface area contributed by atoms with Crippen molar-refractivity contribution in [2.24, 2.45) is 5.92 Å². The van der Waals surface area contributed by atoms with Crippen LogP contribution in [0.25, 0.3) is 0 Å². The molecule has 2 aliphatic rings. The first-order valence-corrected chi connectivity index (χ1v) is 9.34. The molecule has 5 nitrogen and oxygen atoms in total. The van der Waals surface area contributed by atoms with Crippen LogP contribution in [0.1, 0.15) is 57.3 Å². The molecule has 6 heteroatoms. The van der Waals surface area contributed by atoms with Crippen molar-refractivity contribution < 1.29 is 14.3 Å². The molecule has 0 aromatic carbocycles. The number of carbonyl (C=O) groups excluding carboxylic acids is 1. The molecular formula is C18H25BrN2O3. The number of amides is 1. The minimum Gasteiger partial charge on any atom is -0.444 e. The van der Waals surface area contributed by atoms with Crippen molar-refractivity contribution in [1.82, 2.24) is 9.88 Å². The molecule has 1 saturated heterocycles. The predicted molar refractivity (Wildman–Crippen MR) is 94.6 cm³/mol. The third kappa shape index (κ3) is 4.09. The van der Waals surface area contributed by atoms with E-state index >= 15 is 0 Å². The summed E-state index contributed by atoms with van der Waals surface area (Å²) in [7, 11) is 0. The zero-order valence-electron chi connectivity index (χ0n) is 14.5. The average Bonchev–Trinajstić information content (AvgIpc) is 2.84. The van der Waals surface area contributed by atoms with Gasteiger partial charge in [0.05, 0.1) is 18.3 Å². The van der Waals surface area contributed by atoms with Gasteiger partial charge >= 0.3 is 6.09 Å². The molecule has 0 bridgehead atoms. The van der Waals surface area contributed by atoms with Gasteiger partial charge in [-0.05, 0) is 73.5 Å². The Morgan fingerprint density at radius 3 is 2.79 bits per heavy atom. The normalized spacial score (nSPS) is 21.7. The summed E-state index contributed by atoms with van der Waals surface area (Å²) in [5.41, 5.74) is 1.62. The first kappa shape index (κ1) is 17.7. The summed E-state index contributed by atoms with van der Waals surface area (Å²) in [6.45, 7) is 7.88. The van der Waals surface area contributed by atoms with Gasteiger partial charge in [-0.25, -0.2) is 4.79 Å². The maximum absolute atomic E-state index is 12.7. The van der Waals surface area contributed by atoms with Crippen LogP contribution < -0.4 is 0 Å². The largest absolute Gasteiger partial charge is 0.444 e. The van der Waals surface area contributed by atoms with Crippen LogP contribution >= 0.6 is 15.9 Å². The third-order valence-corrected chi connectivity index (χ3v) is 4.96. The van der Waals surface area contributed by atoms with E-state index in [2.05, 4.69) is 27.0 Å². The highest BCUT2D eigenvalue weighted by Gasteiger charge is 2.38. The first-order chi connectivity index (χ1) is 11.3. The number of hydrogen-bond acceptors (Lipinski definition) is 4. The van der Waals surface area contributed by atoms with Crippen LogP contribution in [0.3, 0.4) is 0 Å². The summed E-state index contributed by atoms with van der Waals surface area (Å²) >= 11 is 3.48. The number of ether oxygens (including phenoxy) is 2. The van der Waals surface area contributed by atoms with Crippen molar-refractivity contribution in [3.05, 3.63) is 28.0 Å². The molecule has 1 amide bonds. The molecule has 1 unspecified atom stereocenters. The van der Waals surface area contributed by atoms with Crippen LogP contribution in [-0.4, -0.2) is 34.8 Å². The fourth-order valence-electron chi connectivity index (χ4n) is 3.41. The van der Waals surface area contributed by atoms with Gasteiger partial charge in [0, 0.05) is 23.9 Å². The number of fused-ring (bicyclic) bond motifs is 1. The molecule has 0 saturated carbocycles. The van der Waals surface area contributed by atoms with E-state index in [1.165, 1.54) is 0 Å². The smallest absolute Gasteiger partial charge is 0.411 e. The van der Waals surface area contributed by atoms with E-state index in [1.54, 1.807) is 0 Å². The minimum absolute atomic E-state index is 0.00829. The van der Waals surface area contributed by atoms with Crippen LogP contribution in [0.4, 0.5) is 4.79 Å². The van der Waals surface area contributed by atoms with Gasteiger partial charge in [-0.15, -0.1) is 0 Å². The van der Waals surface area contributed by atoms with Crippen LogP contribution in [-0.2, 0) is 16.0 Å². The lowest BCUT2D eigenvalue weighted by atomic mass is 9.91. The Balaban J connectivity index is 1.82. The molecule has 2 aliphatic heterocycles. The highest BCUT2D eigenvalue weighted by Crippen LogP contribution is 2.40. The number of aromatic nitrogens is 1. The average molecular weight is 397 g/mol. The quantitative estimate of drug-likeness (QED) is 0.740. The monoisotopic (exact) mass is 396 g/mol. The fraction of sp³-hybridized carbons (Fsp3) is 0.667. The van der Waals surface area contributed by atoms with Crippen molar-refractivity contribution in [2.75, 3.05) is 13.2 Å². The van der Waals surface area contributed by atoms with Crippen molar-refractivity contribution in [3.63, 3.8) is 0 Å². The van der Waals surface area contributed by atoms with Crippen molar-refractivity contribution in [1.29, 1.82) is 0 Å². The second-order valence-electron chi connectivity index (χ2n) is 7.61. The van der Waals surface area contributed by atoms with Gasteiger partial charge in [0.15, 0.2) is 0 Å². The highest BCUT2D eigenvalue weighted by atomic mass is 79.9. The maximum Gasteiger partial charge on any atom is 0.411 e. The van der Waals surface area contributed by atoms with E-state index in [0.29, 0.717) is 12.5 Å². The molecule has 0 N–H and O–H groups in total. The number of carbonyl (C=O) groups is 1. The van der Waals surface area contributed by atoms with E-state index in [4.69, 9.17) is 9.47 Å². The maximum atomic E-state index is 12.7. The summed E-state index contributed by atoms with van der Waals surface area (Å²) in [5, 5.41) is 0. The van der Waals surface area contributed by atoms with E-state index in [9.17, 15) is 4.79 Å². The Bertz CT molecular complexity index is 609. The SMILES string of the molecule is CC(C)(C)OC(=O)N1Cc2cc(Br)cnc2C1CC1CCOCC1. The van der Waals surface area contributed by atoms with Crippen molar-refractivity contribution >= 4 is 22.0 Å². The molecule has 0 spiro atoms. The van der Waals surface area contributed by atoms with Crippen molar-refractivity contribution in [3.8, 4) is 0 Å². The number of hydrogen-bond donors (Lipinski definition) is 0. The van der Waals surface area contributed by atoms with E-state index < -0.39 is 5.60 Å². The van der Waals surface area contributed by atoms with Gasteiger partial charge in [0.25, 0.3) is 0 Å². The fourth-order valence-corrected chi connectivity index (χ4v) is 3.79. The standard InChI is InChI=1S/C18H25BrN2O3/c1-18(2,3)24-17(22)21-11-13-9-14(19)10-20-16(13)15(21)8-12-4-6-23-7-5-12/h9-10,12,15H,4-8,11H2,1-3H3. The summed E-state index contributed by atoms with van der Waals surface area (Å²) in [4.78, 5) is 19.2. The molecule has 132 valence electrons. The Kier molecular flexibility index (Phi) is 5.16. The molecule has 0 radical (unpaired) electrons. The molecule has 1 aromatic heterocycles. The molecule has 1 atom stereocenters. The second-order valence-corrected chi connectivity index (χ2v) is 8.53. The third-order valence-electron chi connectivity index (χ3n) is 4.53. The lowest BCUT2D eigenvalue weighted by molar-refractivity contribution is 0.0100. The van der Waals surface area contributed by atoms with E-state index in [-0.39, 0.29) is 12.1 Å². The van der Waals surface area contributed by atoms with Gasteiger partial charge in [0.1, 0.15) is 5.60 Å². The highest BCUT2D eigenvalue weighted by molar-refractivity contribution is 9.10. The summed E-state index contributed by atoms with van der Waals surface area (Å²) in [5.74, 6) is 0.560.